The molecule has 1 unspecified atom stereocenters. The fraction of sp³-hybridized carbons (Fsp3) is 0.667. The molecule has 5 heteroatoms. The van der Waals surface area contributed by atoms with Crippen LogP contribution in [-0.2, 0) is 0 Å². The molecule has 1 saturated heterocycles. The summed E-state index contributed by atoms with van der Waals surface area (Å²) in [6, 6.07) is 2.34. The van der Waals surface area contributed by atoms with Crippen LogP contribution in [0, 0.1) is 5.41 Å². The number of aromatic nitrogens is 1. The van der Waals surface area contributed by atoms with Gasteiger partial charge in [0.2, 0.25) is 0 Å². The Balaban J connectivity index is 1.66. The molecule has 1 saturated carbocycles. The van der Waals surface area contributed by atoms with E-state index in [-0.39, 0.29) is 0 Å². The Morgan fingerprint density at radius 3 is 2.80 bits per heavy atom. The van der Waals surface area contributed by atoms with Crippen molar-refractivity contribution >= 4 is 23.1 Å². The number of nitrogens with two attached hydrogens (primary N) is 1. The molecule has 3 rings (SSSR count). The number of pyridine rings is 1. The van der Waals surface area contributed by atoms with Gasteiger partial charge in [0.1, 0.15) is 5.82 Å². The minimum Gasteiger partial charge on any atom is -0.397 e. The Morgan fingerprint density at radius 2 is 2.20 bits per heavy atom. The first-order valence-electron chi connectivity index (χ1n) is 7.37. The molecule has 110 valence electrons. The third-order valence-corrected chi connectivity index (χ3v) is 4.90. The highest BCUT2D eigenvalue weighted by molar-refractivity contribution is 6.32. The van der Waals surface area contributed by atoms with E-state index in [0.29, 0.717) is 22.2 Å². The summed E-state index contributed by atoms with van der Waals surface area (Å²) < 4.78 is 0. The van der Waals surface area contributed by atoms with Crippen molar-refractivity contribution in [3.8, 4) is 0 Å². The third-order valence-electron chi connectivity index (χ3n) is 4.59. The molecular weight excluding hydrogens is 272 g/mol. The maximum atomic E-state index is 5.94. The minimum atomic E-state index is 0.458. The summed E-state index contributed by atoms with van der Waals surface area (Å²) in [5, 5.41) is 0.529. The van der Waals surface area contributed by atoms with Gasteiger partial charge in [0.15, 0.2) is 0 Å². The Kier molecular flexibility index (Phi) is 3.55. The molecule has 0 radical (unpaired) electrons. The van der Waals surface area contributed by atoms with Gasteiger partial charge in [-0.3, -0.25) is 4.90 Å². The van der Waals surface area contributed by atoms with E-state index in [2.05, 4.69) is 28.6 Å². The smallest absolute Gasteiger partial charge is 0.130 e. The molecule has 2 heterocycles. The fourth-order valence-corrected chi connectivity index (χ4v) is 3.13. The van der Waals surface area contributed by atoms with E-state index in [1.165, 1.54) is 19.4 Å². The second-order valence-electron chi connectivity index (χ2n) is 6.65. The zero-order valence-corrected chi connectivity index (χ0v) is 13.0. The standard InChI is InChI=1S/C15H23ClN4/c1-11-9-19(10-15(2)3-4-15)5-6-20(11)14-7-13(17)12(16)8-18-14/h7-8,11H,3-6,9-10H2,1-2H3,(H2,17,18). The summed E-state index contributed by atoms with van der Waals surface area (Å²) in [6.45, 7) is 9.09. The lowest BCUT2D eigenvalue weighted by Crippen LogP contribution is -2.53. The highest BCUT2D eigenvalue weighted by Gasteiger charge is 2.40. The zero-order valence-electron chi connectivity index (χ0n) is 12.3. The van der Waals surface area contributed by atoms with E-state index >= 15 is 0 Å². The molecule has 0 amide bonds. The van der Waals surface area contributed by atoms with E-state index in [4.69, 9.17) is 17.3 Å². The van der Waals surface area contributed by atoms with Crippen LogP contribution in [0.15, 0.2) is 12.3 Å². The van der Waals surface area contributed by atoms with Gasteiger partial charge in [-0.15, -0.1) is 0 Å². The second kappa shape index (κ2) is 5.08. The number of rotatable bonds is 3. The highest BCUT2D eigenvalue weighted by atomic mass is 35.5. The number of piperazine rings is 1. The Labute approximate surface area is 125 Å². The largest absolute Gasteiger partial charge is 0.397 e. The summed E-state index contributed by atoms with van der Waals surface area (Å²) in [5.74, 6) is 0.941. The van der Waals surface area contributed by atoms with E-state index < -0.39 is 0 Å². The van der Waals surface area contributed by atoms with Gasteiger partial charge in [-0.1, -0.05) is 18.5 Å². The Bertz CT molecular complexity index is 501. The van der Waals surface area contributed by atoms with Gasteiger partial charge in [-0.05, 0) is 25.2 Å². The fourth-order valence-electron chi connectivity index (χ4n) is 3.03. The number of hydrogen-bond donors (Lipinski definition) is 1. The first-order valence-corrected chi connectivity index (χ1v) is 7.75. The molecule has 0 bridgehead atoms. The normalized spacial score (nSPS) is 25.8. The molecule has 1 aromatic rings. The van der Waals surface area contributed by atoms with Crippen molar-refractivity contribution in [2.45, 2.75) is 32.7 Å². The average Bonchev–Trinajstić information content (AvgIpc) is 3.11. The predicted octanol–water partition coefficient (Wildman–Crippen LogP) is 2.63. The first-order chi connectivity index (χ1) is 9.47. The van der Waals surface area contributed by atoms with Gasteiger partial charge in [0.25, 0.3) is 0 Å². The number of halogens is 1. The molecular formula is C15H23ClN4. The summed E-state index contributed by atoms with van der Waals surface area (Å²) in [5.41, 5.74) is 7.08. The molecule has 4 nitrogen and oxygen atoms in total. The molecule has 1 aliphatic carbocycles. The van der Waals surface area contributed by atoms with Gasteiger partial charge in [-0.2, -0.15) is 0 Å². The van der Waals surface area contributed by atoms with Crippen LogP contribution in [0.1, 0.15) is 26.7 Å². The molecule has 0 aromatic carbocycles. The molecule has 2 aliphatic rings. The van der Waals surface area contributed by atoms with Gasteiger partial charge in [0, 0.05) is 44.5 Å². The highest BCUT2D eigenvalue weighted by Crippen LogP contribution is 2.45. The zero-order chi connectivity index (χ0) is 14.3. The van der Waals surface area contributed by atoms with E-state index in [1.807, 2.05) is 6.07 Å². The van der Waals surface area contributed by atoms with Crippen molar-refractivity contribution in [2.24, 2.45) is 5.41 Å². The topological polar surface area (TPSA) is 45.4 Å². The Hall–Kier alpha value is -1.00. The van der Waals surface area contributed by atoms with Crippen LogP contribution >= 0.6 is 11.6 Å². The number of nitrogen functional groups attached to an aromatic ring is 1. The molecule has 20 heavy (non-hydrogen) atoms. The van der Waals surface area contributed by atoms with Gasteiger partial charge in [0.05, 0.1) is 10.7 Å². The summed E-state index contributed by atoms with van der Waals surface area (Å²) in [7, 11) is 0. The summed E-state index contributed by atoms with van der Waals surface area (Å²) in [6.07, 6.45) is 4.42. The van der Waals surface area contributed by atoms with Crippen molar-refractivity contribution < 1.29 is 0 Å². The van der Waals surface area contributed by atoms with Crippen molar-refractivity contribution in [3.63, 3.8) is 0 Å². The third kappa shape index (κ3) is 2.86. The Morgan fingerprint density at radius 1 is 1.45 bits per heavy atom. The monoisotopic (exact) mass is 294 g/mol. The van der Waals surface area contributed by atoms with Crippen LogP contribution in [0.2, 0.25) is 5.02 Å². The maximum absolute atomic E-state index is 5.94. The minimum absolute atomic E-state index is 0.458. The van der Waals surface area contributed by atoms with Crippen LogP contribution in [0.3, 0.4) is 0 Å². The molecule has 1 aliphatic heterocycles. The van der Waals surface area contributed by atoms with Crippen molar-refractivity contribution in [2.75, 3.05) is 36.8 Å². The van der Waals surface area contributed by atoms with Crippen LogP contribution in [0.5, 0.6) is 0 Å². The molecule has 0 spiro atoms. The van der Waals surface area contributed by atoms with Crippen molar-refractivity contribution in [3.05, 3.63) is 17.3 Å². The van der Waals surface area contributed by atoms with Crippen LogP contribution < -0.4 is 10.6 Å². The lowest BCUT2D eigenvalue weighted by molar-refractivity contribution is 0.193. The van der Waals surface area contributed by atoms with Crippen LogP contribution in [0.4, 0.5) is 11.5 Å². The quantitative estimate of drug-likeness (QED) is 0.931. The number of nitrogens with zero attached hydrogens (tertiary/aromatic N) is 3. The second-order valence-corrected chi connectivity index (χ2v) is 7.06. The van der Waals surface area contributed by atoms with Gasteiger partial charge in [-0.25, -0.2) is 4.98 Å². The van der Waals surface area contributed by atoms with Crippen molar-refractivity contribution in [1.29, 1.82) is 0 Å². The average molecular weight is 295 g/mol. The summed E-state index contributed by atoms with van der Waals surface area (Å²) in [4.78, 5) is 9.34. The number of anilines is 2. The van der Waals surface area contributed by atoms with Gasteiger partial charge >= 0.3 is 0 Å². The summed E-state index contributed by atoms with van der Waals surface area (Å²) >= 11 is 5.94. The lowest BCUT2D eigenvalue weighted by atomic mass is 10.1. The van der Waals surface area contributed by atoms with Crippen molar-refractivity contribution in [1.82, 2.24) is 9.88 Å². The maximum Gasteiger partial charge on any atom is 0.130 e. The molecule has 1 atom stereocenters. The van der Waals surface area contributed by atoms with Crippen LogP contribution in [-0.4, -0.2) is 42.1 Å². The SMILES string of the molecule is CC1CN(CC2(C)CC2)CCN1c1cc(N)c(Cl)cn1. The molecule has 1 aromatic heterocycles. The van der Waals surface area contributed by atoms with Crippen LogP contribution in [0.25, 0.3) is 0 Å². The number of hydrogen-bond acceptors (Lipinski definition) is 4. The lowest BCUT2D eigenvalue weighted by Gasteiger charge is -2.41. The molecule has 2 fully saturated rings. The van der Waals surface area contributed by atoms with Gasteiger partial charge < -0.3 is 10.6 Å². The van der Waals surface area contributed by atoms with E-state index in [0.717, 1.165) is 25.5 Å². The van der Waals surface area contributed by atoms with E-state index in [9.17, 15) is 0 Å². The van der Waals surface area contributed by atoms with E-state index in [1.54, 1.807) is 6.20 Å². The predicted molar refractivity (Wildman–Crippen MR) is 84.2 cm³/mol. The first kappa shape index (κ1) is 14.0. The molecule has 2 N–H and O–H groups in total.